The standard InChI is InChI=1S/C19H38N2O.2C16H34N2O.C10H21NO2.C4H10/c1-6-7-13-20-16-14-18(2,3)21(19(4,5)15-16)22-17-11-9-8-10-12-17;2*1-7-9-10-17-14-12-15(3,4)18(19-11-8-2)16(5,6)13-14;1-9(2)6-8(12)7-10(3,4)11(9)13-5;1-3-4-2/h16-17,20H,6-15H2,1-5H3;2*14,17H,7-13H2,1-6H3;8,12H,6-7H2,1-5H3;3-4H2,1-2H3. The van der Waals surface area contributed by atoms with E-state index in [-0.39, 0.29) is 50.4 Å². The molecule has 1 saturated carbocycles. The van der Waals surface area contributed by atoms with Gasteiger partial charge in [-0.3, -0.25) is 14.5 Å². The van der Waals surface area contributed by atoms with Crippen molar-refractivity contribution in [3.05, 3.63) is 0 Å². The molecule has 5 rings (SSSR count). The van der Waals surface area contributed by atoms with E-state index in [4.69, 9.17) is 19.4 Å². The van der Waals surface area contributed by atoms with Crippen LogP contribution in [-0.2, 0) is 19.4 Å². The predicted octanol–water partition coefficient (Wildman–Crippen LogP) is 15.5. The van der Waals surface area contributed by atoms with E-state index in [2.05, 4.69) is 190 Å². The van der Waals surface area contributed by atoms with Crippen molar-refractivity contribution in [2.45, 2.75) is 382 Å². The number of rotatable bonds is 22. The molecular formula is C65H137N7O5. The smallest absolute Gasteiger partial charge is 0.0793 e. The molecule has 462 valence electrons. The van der Waals surface area contributed by atoms with Gasteiger partial charge in [-0.25, -0.2) is 0 Å². The van der Waals surface area contributed by atoms with Crippen molar-refractivity contribution < 1.29 is 24.5 Å². The van der Waals surface area contributed by atoms with E-state index in [1.807, 2.05) is 5.06 Å². The fourth-order valence-electron chi connectivity index (χ4n) is 14.0. The lowest BCUT2D eigenvalue weighted by Gasteiger charge is -2.55. The van der Waals surface area contributed by atoms with Crippen LogP contribution in [0.5, 0.6) is 0 Å². The van der Waals surface area contributed by atoms with Crippen LogP contribution in [0.3, 0.4) is 0 Å². The molecule has 0 spiro atoms. The van der Waals surface area contributed by atoms with Crippen LogP contribution in [-0.4, -0.2) is 140 Å². The second kappa shape index (κ2) is 35.0. The summed E-state index contributed by atoms with van der Waals surface area (Å²) in [6.07, 6.45) is 27.7. The lowest BCUT2D eigenvalue weighted by molar-refractivity contribution is -0.310. The number of aliphatic hydroxyl groups excluding tert-OH is 1. The second-order valence-electron chi connectivity index (χ2n) is 29.2. The zero-order chi connectivity index (χ0) is 58.9. The zero-order valence-electron chi connectivity index (χ0n) is 56.1. The monoisotopic (exact) mass is 1100 g/mol. The normalized spacial score (nSPS) is 24.7. The average Bonchev–Trinajstić information content (AvgIpc) is 3.29. The van der Waals surface area contributed by atoms with Gasteiger partial charge in [0.05, 0.1) is 32.5 Å². The third-order valence-electron chi connectivity index (χ3n) is 16.6. The number of hydroxylamine groups is 8. The summed E-state index contributed by atoms with van der Waals surface area (Å²) < 4.78 is 0. The predicted molar refractivity (Wildman–Crippen MR) is 331 cm³/mol. The van der Waals surface area contributed by atoms with Crippen molar-refractivity contribution >= 4 is 0 Å². The quantitative estimate of drug-likeness (QED) is 0.0776. The molecule has 12 heteroatoms. The summed E-state index contributed by atoms with van der Waals surface area (Å²) >= 11 is 0. The molecule has 0 radical (unpaired) electrons. The average molecular weight is 1100 g/mol. The molecule has 1 aliphatic carbocycles. The van der Waals surface area contributed by atoms with Gasteiger partial charge in [0.15, 0.2) is 0 Å². The Labute approximate surface area is 480 Å². The van der Waals surface area contributed by atoms with Crippen molar-refractivity contribution in [2.24, 2.45) is 0 Å². The summed E-state index contributed by atoms with van der Waals surface area (Å²) in [4.78, 5) is 24.0. The molecule has 0 bridgehead atoms. The number of piperidine rings is 4. The van der Waals surface area contributed by atoms with Gasteiger partial charge in [0.25, 0.3) is 0 Å². The van der Waals surface area contributed by atoms with Gasteiger partial charge in [0, 0.05) is 62.4 Å². The topological polar surface area (TPSA) is 106 Å². The van der Waals surface area contributed by atoms with E-state index >= 15 is 0 Å². The Kier molecular flexibility index (Phi) is 33.8. The third kappa shape index (κ3) is 25.9. The summed E-state index contributed by atoms with van der Waals surface area (Å²) in [6.45, 7) is 56.8. The number of unbranched alkanes of at least 4 members (excludes halogenated alkanes) is 4. The molecule has 0 aromatic heterocycles. The van der Waals surface area contributed by atoms with Gasteiger partial charge in [0.2, 0.25) is 0 Å². The Morgan fingerprint density at radius 1 is 0.377 bits per heavy atom. The number of nitrogens with one attached hydrogen (secondary N) is 3. The van der Waals surface area contributed by atoms with Crippen molar-refractivity contribution in [3.63, 3.8) is 0 Å². The molecule has 4 aliphatic heterocycles. The highest BCUT2D eigenvalue weighted by Crippen LogP contribution is 2.43. The Balaban J connectivity index is 0.000000507. The SMILES string of the molecule is CCCC.CCCCNC1CC(C)(C)N(OC2CCCCC2)C(C)(C)C1.CCCCNC1CC(C)(C)N(OCCC)C(C)(C)C1.CCCCNC1CC(C)(C)N(OCCC)C(C)(C)C1.CON1C(C)(C)CC(O)CC1(C)C. The molecule has 4 heterocycles. The molecule has 0 amide bonds. The highest BCUT2D eigenvalue weighted by atomic mass is 16.7. The fraction of sp³-hybridized carbons (Fsp3) is 1.00. The van der Waals surface area contributed by atoms with Crippen LogP contribution in [0.4, 0.5) is 0 Å². The second-order valence-corrected chi connectivity index (χ2v) is 29.2. The maximum atomic E-state index is 9.71. The molecule has 77 heavy (non-hydrogen) atoms. The zero-order valence-corrected chi connectivity index (χ0v) is 56.1. The number of nitrogens with zero attached hydrogens (tertiary/aromatic N) is 4. The van der Waals surface area contributed by atoms with E-state index in [0.29, 0.717) is 24.2 Å². The van der Waals surface area contributed by atoms with Crippen LogP contribution in [0.2, 0.25) is 0 Å². The molecule has 0 aromatic rings. The van der Waals surface area contributed by atoms with Gasteiger partial charge in [-0.2, -0.15) is 20.3 Å². The highest BCUT2D eigenvalue weighted by molar-refractivity contribution is 5.02. The molecule has 0 atom stereocenters. The first-order chi connectivity index (χ1) is 35.7. The maximum Gasteiger partial charge on any atom is 0.0793 e. The van der Waals surface area contributed by atoms with Gasteiger partial charge in [-0.05, 0) is 227 Å². The highest BCUT2D eigenvalue weighted by Gasteiger charge is 2.50. The Bertz CT molecular complexity index is 1390. The Morgan fingerprint density at radius 2 is 0.662 bits per heavy atom. The van der Waals surface area contributed by atoms with E-state index in [0.717, 1.165) is 84.2 Å². The first-order valence-corrected chi connectivity index (χ1v) is 32.3. The number of hydrogen-bond acceptors (Lipinski definition) is 12. The number of aliphatic hydroxyl groups is 1. The molecular weight excluding hydrogens is 959 g/mol. The summed E-state index contributed by atoms with van der Waals surface area (Å²) in [6, 6.07) is 1.83. The van der Waals surface area contributed by atoms with E-state index in [9.17, 15) is 5.11 Å². The van der Waals surface area contributed by atoms with Gasteiger partial charge < -0.3 is 25.9 Å². The summed E-state index contributed by atoms with van der Waals surface area (Å²) in [5, 5.41) is 29.8. The summed E-state index contributed by atoms with van der Waals surface area (Å²) in [7, 11) is 1.70. The van der Waals surface area contributed by atoms with Crippen LogP contribution >= 0.6 is 0 Å². The van der Waals surface area contributed by atoms with E-state index < -0.39 is 0 Å². The molecule has 0 aromatic carbocycles. The van der Waals surface area contributed by atoms with Crippen LogP contribution in [0.1, 0.15) is 307 Å². The minimum Gasteiger partial charge on any atom is -0.393 e. The van der Waals surface area contributed by atoms with Crippen LogP contribution < -0.4 is 16.0 Å². The van der Waals surface area contributed by atoms with Crippen molar-refractivity contribution in [3.8, 4) is 0 Å². The Hall–Kier alpha value is -0.480. The van der Waals surface area contributed by atoms with Gasteiger partial charge >= 0.3 is 0 Å². The summed E-state index contributed by atoms with van der Waals surface area (Å²) in [5.74, 6) is 0. The maximum absolute atomic E-state index is 9.71. The minimum absolute atomic E-state index is 0.0874. The van der Waals surface area contributed by atoms with Crippen LogP contribution in [0.15, 0.2) is 0 Å². The van der Waals surface area contributed by atoms with Crippen LogP contribution in [0, 0.1) is 0 Å². The first-order valence-electron chi connectivity index (χ1n) is 32.3. The van der Waals surface area contributed by atoms with Crippen molar-refractivity contribution in [1.82, 2.24) is 36.2 Å². The largest absolute Gasteiger partial charge is 0.393 e. The molecule has 5 fully saturated rings. The third-order valence-corrected chi connectivity index (χ3v) is 16.6. The number of hydrogen-bond donors (Lipinski definition) is 4. The molecule has 4 saturated heterocycles. The van der Waals surface area contributed by atoms with Gasteiger partial charge in [-0.15, -0.1) is 0 Å². The molecule has 4 N–H and O–H groups in total. The Morgan fingerprint density at radius 3 is 0.922 bits per heavy atom. The van der Waals surface area contributed by atoms with E-state index in [1.165, 1.54) is 96.3 Å². The van der Waals surface area contributed by atoms with E-state index in [1.54, 1.807) is 7.11 Å². The first kappa shape index (κ1) is 74.5. The van der Waals surface area contributed by atoms with Crippen molar-refractivity contribution in [2.75, 3.05) is 40.0 Å². The molecule has 12 nitrogen and oxygen atoms in total. The molecule has 0 unspecified atom stereocenters. The molecule has 5 aliphatic rings. The summed E-state index contributed by atoms with van der Waals surface area (Å²) in [5.41, 5.74) is 0.418. The van der Waals surface area contributed by atoms with Crippen molar-refractivity contribution in [1.29, 1.82) is 0 Å². The van der Waals surface area contributed by atoms with Gasteiger partial charge in [0.1, 0.15) is 0 Å². The lowest BCUT2D eigenvalue weighted by Crippen LogP contribution is -2.64. The van der Waals surface area contributed by atoms with Crippen LogP contribution in [0.25, 0.3) is 0 Å². The van der Waals surface area contributed by atoms with Gasteiger partial charge in [-0.1, -0.05) is 99.8 Å². The lowest BCUT2D eigenvalue weighted by atomic mass is 9.79. The fourth-order valence-corrected chi connectivity index (χ4v) is 14.0. The minimum atomic E-state index is -0.212.